The third-order valence-electron chi connectivity index (χ3n) is 2.41. The van der Waals surface area contributed by atoms with Crippen molar-refractivity contribution in [1.82, 2.24) is 10.2 Å². The van der Waals surface area contributed by atoms with E-state index < -0.39 is 0 Å². The number of aryl methyl sites for hydroxylation is 1. The smallest absolute Gasteiger partial charge is 0.0775 e. The molecule has 0 aromatic carbocycles. The molecule has 0 bridgehead atoms. The molecule has 2 rings (SSSR count). The molecule has 0 unspecified atom stereocenters. The van der Waals surface area contributed by atoms with Crippen molar-refractivity contribution in [2.75, 3.05) is 0 Å². The number of rotatable bonds is 1. The SMILES string of the molecule is C#CCc1n[nH]c2c1CCCC2. The van der Waals surface area contributed by atoms with Crippen LogP contribution in [0.1, 0.15) is 29.8 Å². The lowest BCUT2D eigenvalue weighted by atomic mass is 9.95. The number of nitrogens with zero attached hydrogens (tertiary/aromatic N) is 1. The van der Waals surface area contributed by atoms with E-state index in [1.165, 1.54) is 24.1 Å². The number of hydrogen-bond acceptors (Lipinski definition) is 1. The molecule has 1 aliphatic carbocycles. The first-order chi connectivity index (χ1) is 5.92. The lowest BCUT2D eigenvalue weighted by Crippen LogP contribution is -2.02. The van der Waals surface area contributed by atoms with Gasteiger partial charge in [-0.1, -0.05) is 0 Å². The highest BCUT2D eigenvalue weighted by Crippen LogP contribution is 2.21. The number of aromatic nitrogens is 2. The summed E-state index contributed by atoms with van der Waals surface area (Å²) in [6.45, 7) is 0. The quantitative estimate of drug-likeness (QED) is 0.619. The molecule has 0 saturated heterocycles. The fourth-order valence-electron chi connectivity index (χ4n) is 1.79. The van der Waals surface area contributed by atoms with E-state index in [1.54, 1.807) is 0 Å². The van der Waals surface area contributed by atoms with Crippen LogP contribution in [0.4, 0.5) is 0 Å². The monoisotopic (exact) mass is 160 g/mol. The molecule has 0 amide bonds. The molecular weight excluding hydrogens is 148 g/mol. The van der Waals surface area contributed by atoms with Crippen LogP contribution in [0.2, 0.25) is 0 Å². The third kappa shape index (κ3) is 1.12. The maximum atomic E-state index is 5.25. The third-order valence-corrected chi connectivity index (χ3v) is 2.41. The van der Waals surface area contributed by atoms with Gasteiger partial charge in [-0.2, -0.15) is 5.10 Å². The Labute approximate surface area is 72.4 Å². The number of fused-ring (bicyclic) bond motifs is 1. The predicted octanol–water partition coefficient (Wildman–Crippen LogP) is 1.46. The minimum atomic E-state index is 0.672. The molecule has 0 aliphatic heterocycles. The van der Waals surface area contributed by atoms with Gasteiger partial charge in [-0.15, -0.1) is 12.3 Å². The highest BCUT2D eigenvalue weighted by molar-refractivity contribution is 5.29. The van der Waals surface area contributed by atoms with Gasteiger partial charge in [0.15, 0.2) is 0 Å². The molecule has 2 nitrogen and oxygen atoms in total. The lowest BCUT2D eigenvalue weighted by molar-refractivity contribution is 0.673. The summed E-state index contributed by atoms with van der Waals surface area (Å²) in [5.41, 5.74) is 3.79. The van der Waals surface area contributed by atoms with E-state index in [0.717, 1.165) is 18.5 Å². The number of aromatic amines is 1. The summed E-state index contributed by atoms with van der Waals surface area (Å²) >= 11 is 0. The first kappa shape index (κ1) is 7.42. The fourth-order valence-corrected chi connectivity index (χ4v) is 1.79. The van der Waals surface area contributed by atoms with E-state index in [0.29, 0.717) is 6.42 Å². The van der Waals surface area contributed by atoms with E-state index in [4.69, 9.17) is 6.42 Å². The van der Waals surface area contributed by atoms with Crippen molar-refractivity contribution in [1.29, 1.82) is 0 Å². The molecule has 0 spiro atoms. The second kappa shape index (κ2) is 3.02. The van der Waals surface area contributed by atoms with Crippen LogP contribution >= 0.6 is 0 Å². The number of nitrogens with one attached hydrogen (secondary N) is 1. The van der Waals surface area contributed by atoms with E-state index in [-0.39, 0.29) is 0 Å². The van der Waals surface area contributed by atoms with Crippen LogP contribution in [-0.2, 0) is 19.3 Å². The highest BCUT2D eigenvalue weighted by Gasteiger charge is 2.15. The molecule has 0 saturated carbocycles. The lowest BCUT2D eigenvalue weighted by Gasteiger charge is -2.09. The number of hydrogen-bond donors (Lipinski definition) is 1. The van der Waals surface area contributed by atoms with Crippen molar-refractivity contribution in [3.05, 3.63) is 17.0 Å². The average Bonchev–Trinajstić information content (AvgIpc) is 2.50. The molecule has 1 N–H and O–H groups in total. The fraction of sp³-hybridized carbons (Fsp3) is 0.500. The summed E-state index contributed by atoms with van der Waals surface area (Å²) in [4.78, 5) is 0. The largest absolute Gasteiger partial charge is 0.282 e. The van der Waals surface area contributed by atoms with Gasteiger partial charge in [0.2, 0.25) is 0 Å². The van der Waals surface area contributed by atoms with E-state index in [9.17, 15) is 0 Å². The van der Waals surface area contributed by atoms with Gasteiger partial charge in [0.25, 0.3) is 0 Å². The molecule has 12 heavy (non-hydrogen) atoms. The Bertz CT molecular complexity index is 317. The Morgan fingerprint density at radius 2 is 2.25 bits per heavy atom. The zero-order valence-electron chi connectivity index (χ0n) is 7.06. The van der Waals surface area contributed by atoms with Crippen molar-refractivity contribution >= 4 is 0 Å². The van der Waals surface area contributed by atoms with Crippen LogP contribution in [0, 0.1) is 12.3 Å². The Morgan fingerprint density at radius 3 is 3.08 bits per heavy atom. The molecule has 0 fully saturated rings. The molecule has 2 heteroatoms. The van der Waals surface area contributed by atoms with Gasteiger partial charge in [-0.25, -0.2) is 0 Å². The van der Waals surface area contributed by atoms with Crippen LogP contribution in [0.15, 0.2) is 0 Å². The second-order valence-corrected chi connectivity index (χ2v) is 3.22. The molecule has 62 valence electrons. The first-order valence-electron chi connectivity index (χ1n) is 4.40. The van der Waals surface area contributed by atoms with Crippen LogP contribution in [0.5, 0.6) is 0 Å². The van der Waals surface area contributed by atoms with Crippen molar-refractivity contribution in [2.45, 2.75) is 32.1 Å². The number of H-pyrrole nitrogens is 1. The van der Waals surface area contributed by atoms with Gasteiger partial charge in [0.05, 0.1) is 12.1 Å². The first-order valence-corrected chi connectivity index (χ1v) is 4.40. The molecule has 1 aromatic rings. The normalized spacial score (nSPS) is 15.2. The van der Waals surface area contributed by atoms with Gasteiger partial charge < -0.3 is 0 Å². The Morgan fingerprint density at radius 1 is 1.42 bits per heavy atom. The standard InChI is InChI=1S/C10H12N2/c1-2-5-9-8-6-3-4-7-10(8)12-11-9/h1H,3-7H2,(H,11,12). The van der Waals surface area contributed by atoms with E-state index in [1.807, 2.05) is 0 Å². The second-order valence-electron chi connectivity index (χ2n) is 3.22. The summed E-state index contributed by atoms with van der Waals surface area (Å²) in [5.74, 6) is 2.64. The van der Waals surface area contributed by atoms with Crippen molar-refractivity contribution < 1.29 is 0 Å². The van der Waals surface area contributed by atoms with Crippen LogP contribution < -0.4 is 0 Å². The topological polar surface area (TPSA) is 28.7 Å². The maximum Gasteiger partial charge on any atom is 0.0775 e. The minimum absolute atomic E-state index is 0.672. The van der Waals surface area contributed by atoms with Gasteiger partial charge >= 0.3 is 0 Å². The van der Waals surface area contributed by atoms with Crippen LogP contribution in [0.3, 0.4) is 0 Å². The molecule has 0 radical (unpaired) electrons. The van der Waals surface area contributed by atoms with Crippen molar-refractivity contribution in [3.8, 4) is 12.3 Å². The van der Waals surface area contributed by atoms with Crippen molar-refractivity contribution in [2.24, 2.45) is 0 Å². The molecular formula is C10H12N2. The van der Waals surface area contributed by atoms with E-state index >= 15 is 0 Å². The zero-order chi connectivity index (χ0) is 8.39. The summed E-state index contributed by atoms with van der Waals surface area (Å²) < 4.78 is 0. The molecule has 1 aromatic heterocycles. The zero-order valence-corrected chi connectivity index (χ0v) is 7.06. The van der Waals surface area contributed by atoms with Crippen LogP contribution in [-0.4, -0.2) is 10.2 Å². The Hall–Kier alpha value is -1.23. The van der Waals surface area contributed by atoms with Gasteiger partial charge in [0.1, 0.15) is 0 Å². The van der Waals surface area contributed by atoms with Crippen molar-refractivity contribution in [3.63, 3.8) is 0 Å². The summed E-state index contributed by atoms with van der Waals surface area (Å²) in [6, 6.07) is 0. The van der Waals surface area contributed by atoms with Gasteiger partial charge in [-0.05, 0) is 31.2 Å². The Balaban J connectivity index is 2.33. The predicted molar refractivity (Wildman–Crippen MR) is 47.8 cm³/mol. The average molecular weight is 160 g/mol. The van der Waals surface area contributed by atoms with E-state index in [2.05, 4.69) is 16.1 Å². The molecule has 1 aliphatic rings. The molecule has 0 atom stereocenters. The Kier molecular flexibility index (Phi) is 1.87. The molecule has 1 heterocycles. The van der Waals surface area contributed by atoms with Crippen LogP contribution in [0.25, 0.3) is 0 Å². The minimum Gasteiger partial charge on any atom is -0.282 e. The maximum absolute atomic E-state index is 5.25. The van der Waals surface area contributed by atoms with Gasteiger partial charge in [0, 0.05) is 5.69 Å². The summed E-state index contributed by atoms with van der Waals surface area (Å²) in [5, 5.41) is 7.29. The van der Waals surface area contributed by atoms with Gasteiger partial charge in [-0.3, -0.25) is 5.10 Å². The summed E-state index contributed by atoms with van der Waals surface area (Å²) in [6.07, 6.45) is 10.8. The number of terminal acetylenes is 1. The summed E-state index contributed by atoms with van der Waals surface area (Å²) in [7, 11) is 0. The highest BCUT2D eigenvalue weighted by atomic mass is 15.1.